The fourth-order valence-corrected chi connectivity index (χ4v) is 1.21. The van der Waals surface area contributed by atoms with E-state index in [-0.39, 0.29) is 0 Å². The maximum absolute atomic E-state index is 12.8. The van der Waals surface area contributed by atoms with E-state index < -0.39 is 28.1 Å². The summed E-state index contributed by atoms with van der Waals surface area (Å²) < 4.78 is 49.9. The van der Waals surface area contributed by atoms with Crippen LogP contribution in [0, 0.1) is 5.82 Å². The van der Waals surface area contributed by atoms with E-state index in [4.69, 9.17) is 16.8 Å². The van der Waals surface area contributed by atoms with E-state index in [9.17, 15) is 17.6 Å². The van der Waals surface area contributed by atoms with Crippen LogP contribution in [-0.2, 0) is 6.18 Å². The minimum absolute atomic E-state index is 0.439. The maximum atomic E-state index is 12.8. The van der Waals surface area contributed by atoms with Crippen LogP contribution < -0.4 is 0 Å². The Hall–Kier alpha value is -1.30. The molecule has 0 heterocycles. The summed E-state index contributed by atoms with van der Waals surface area (Å²) >= 11 is 5.31. The Balaban J connectivity index is 3.47. The number of alkyl halides is 3. The van der Waals surface area contributed by atoms with Gasteiger partial charge in [-0.1, -0.05) is 16.8 Å². The van der Waals surface area contributed by atoms with Crippen molar-refractivity contribution in [3.8, 4) is 0 Å². The molecule has 0 amide bonds. The summed E-state index contributed by atoms with van der Waals surface area (Å²) in [6.45, 7) is 0. The predicted octanol–water partition coefficient (Wildman–Crippen LogP) is 3.31. The first-order valence-corrected chi connectivity index (χ1v) is 3.98. The smallest absolute Gasteiger partial charge is 0.411 e. The Morgan fingerprint density at radius 2 is 1.93 bits per heavy atom. The molecule has 0 spiro atoms. The van der Waals surface area contributed by atoms with Crippen LogP contribution in [0.1, 0.15) is 11.1 Å². The fourth-order valence-electron chi connectivity index (χ4n) is 0.997. The number of halogens is 5. The Morgan fingerprint density at radius 3 is 2.40 bits per heavy atom. The zero-order chi connectivity index (χ0) is 11.6. The summed E-state index contributed by atoms with van der Waals surface area (Å²) in [5, 5.41) is 9.82. The Morgan fingerprint density at radius 1 is 1.33 bits per heavy atom. The van der Waals surface area contributed by atoms with Crippen molar-refractivity contribution < 1.29 is 22.8 Å². The molecule has 0 fully saturated rings. The number of hydrogen-bond acceptors (Lipinski definition) is 2. The molecule has 15 heavy (non-hydrogen) atoms. The molecule has 0 atom stereocenters. The normalized spacial score (nSPS) is 12.3. The van der Waals surface area contributed by atoms with Crippen molar-refractivity contribution in [3.05, 3.63) is 34.1 Å². The largest absolute Gasteiger partial charge is 0.417 e. The third kappa shape index (κ3) is 2.38. The van der Waals surface area contributed by atoms with E-state index in [0.717, 1.165) is 0 Å². The first-order valence-electron chi connectivity index (χ1n) is 3.60. The highest BCUT2D eigenvalue weighted by molar-refractivity contribution is 6.33. The SMILES string of the molecule is O/N=C/c1c(C(F)(F)F)ccc(F)c1Cl. The van der Waals surface area contributed by atoms with Crippen LogP contribution in [0.5, 0.6) is 0 Å². The zero-order valence-corrected chi connectivity index (χ0v) is 7.77. The number of benzene rings is 1. The van der Waals surface area contributed by atoms with Crippen molar-refractivity contribution >= 4 is 17.8 Å². The van der Waals surface area contributed by atoms with Gasteiger partial charge < -0.3 is 5.21 Å². The average Bonchev–Trinajstić information content (AvgIpc) is 2.11. The van der Waals surface area contributed by atoms with Gasteiger partial charge in [-0.15, -0.1) is 0 Å². The molecule has 2 nitrogen and oxygen atoms in total. The van der Waals surface area contributed by atoms with E-state index in [1.165, 1.54) is 0 Å². The Bertz CT molecular complexity index is 402. The van der Waals surface area contributed by atoms with Gasteiger partial charge in [-0.25, -0.2) is 4.39 Å². The van der Waals surface area contributed by atoms with E-state index in [2.05, 4.69) is 5.16 Å². The van der Waals surface area contributed by atoms with Crippen molar-refractivity contribution in [2.75, 3.05) is 0 Å². The van der Waals surface area contributed by atoms with Crippen molar-refractivity contribution in [3.63, 3.8) is 0 Å². The van der Waals surface area contributed by atoms with E-state index in [1.807, 2.05) is 0 Å². The minimum atomic E-state index is -4.69. The molecule has 0 unspecified atom stereocenters. The van der Waals surface area contributed by atoms with Gasteiger partial charge in [0.2, 0.25) is 0 Å². The highest BCUT2D eigenvalue weighted by Crippen LogP contribution is 2.35. The summed E-state index contributed by atoms with van der Waals surface area (Å²) in [6, 6.07) is 1.12. The van der Waals surface area contributed by atoms with E-state index in [1.54, 1.807) is 0 Å². The van der Waals surface area contributed by atoms with Crippen LogP contribution in [0.4, 0.5) is 17.6 Å². The van der Waals surface area contributed by atoms with Crippen LogP contribution >= 0.6 is 11.6 Å². The number of hydrogen-bond donors (Lipinski definition) is 1. The first-order chi connectivity index (χ1) is 6.88. The molecule has 0 aliphatic rings. The fraction of sp³-hybridized carbons (Fsp3) is 0.125. The van der Waals surface area contributed by atoms with Gasteiger partial charge in [0, 0.05) is 5.56 Å². The van der Waals surface area contributed by atoms with Gasteiger partial charge in [-0.3, -0.25) is 0 Å². The van der Waals surface area contributed by atoms with Crippen molar-refractivity contribution in [1.82, 2.24) is 0 Å². The molecule has 0 aliphatic heterocycles. The highest BCUT2D eigenvalue weighted by Gasteiger charge is 2.34. The highest BCUT2D eigenvalue weighted by atomic mass is 35.5. The molecule has 1 aromatic rings. The molecule has 82 valence electrons. The maximum Gasteiger partial charge on any atom is 0.417 e. The third-order valence-corrected chi connectivity index (χ3v) is 2.01. The second-order valence-electron chi connectivity index (χ2n) is 2.56. The van der Waals surface area contributed by atoms with Gasteiger partial charge in [0.1, 0.15) is 5.82 Å². The third-order valence-electron chi connectivity index (χ3n) is 1.62. The lowest BCUT2D eigenvalue weighted by molar-refractivity contribution is -0.137. The monoisotopic (exact) mass is 241 g/mol. The quantitative estimate of drug-likeness (QED) is 0.348. The first kappa shape index (κ1) is 11.8. The topological polar surface area (TPSA) is 32.6 Å². The summed E-state index contributed by atoms with van der Waals surface area (Å²) in [5.41, 5.74) is -1.86. The van der Waals surface area contributed by atoms with Gasteiger partial charge in [0.15, 0.2) is 0 Å². The summed E-state index contributed by atoms with van der Waals surface area (Å²) in [6.07, 6.45) is -4.25. The van der Waals surface area contributed by atoms with Crippen LogP contribution in [0.15, 0.2) is 17.3 Å². The van der Waals surface area contributed by atoms with Gasteiger partial charge in [-0.2, -0.15) is 13.2 Å². The van der Waals surface area contributed by atoms with E-state index in [0.29, 0.717) is 18.3 Å². The van der Waals surface area contributed by atoms with Crippen LogP contribution in [-0.4, -0.2) is 11.4 Å². The molecule has 1 rings (SSSR count). The van der Waals surface area contributed by atoms with Crippen LogP contribution in [0.2, 0.25) is 5.02 Å². The molecule has 0 bridgehead atoms. The summed E-state index contributed by atoms with van der Waals surface area (Å²) in [5.74, 6) is -1.01. The Kier molecular flexibility index (Phi) is 3.18. The van der Waals surface area contributed by atoms with Gasteiger partial charge in [0.25, 0.3) is 0 Å². The predicted molar refractivity (Wildman–Crippen MR) is 45.8 cm³/mol. The van der Waals surface area contributed by atoms with Crippen molar-refractivity contribution in [2.45, 2.75) is 6.18 Å². The van der Waals surface area contributed by atoms with Gasteiger partial charge in [-0.05, 0) is 12.1 Å². The lowest BCUT2D eigenvalue weighted by Gasteiger charge is -2.11. The molecule has 7 heteroatoms. The average molecular weight is 242 g/mol. The second-order valence-corrected chi connectivity index (χ2v) is 2.94. The molecule has 0 saturated carbocycles. The summed E-state index contributed by atoms with van der Waals surface area (Å²) in [7, 11) is 0. The molecular formula is C8H4ClF4NO. The molecule has 0 saturated heterocycles. The van der Waals surface area contributed by atoms with Gasteiger partial charge >= 0.3 is 6.18 Å². The van der Waals surface area contributed by atoms with Crippen LogP contribution in [0.25, 0.3) is 0 Å². The number of rotatable bonds is 1. The minimum Gasteiger partial charge on any atom is -0.411 e. The zero-order valence-electron chi connectivity index (χ0n) is 7.02. The molecule has 0 aliphatic carbocycles. The van der Waals surface area contributed by atoms with Gasteiger partial charge in [0.05, 0.1) is 16.8 Å². The van der Waals surface area contributed by atoms with E-state index >= 15 is 0 Å². The Labute approximate surface area is 86.8 Å². The molecule has 1 aromatic carbocycles. The lowest BCUT2D eigenvalue weighted by Crippen LogP contribution is -2.10. The summed E-state index contributed by atoms with van der Waals surface area (Å²) in [4.78, 5) is 0. The lowest BCUT2D eigenvalue weighted by atomic mass is 10.1. The molecular weight excluding hydrogens is 238 g/mol. The van der Waals surface area contributed by atoms with Crippen molar-refractivity contribution in [2.24, 2.45) is 5.16 Å². The molecule has 0 aromatic heterocycles. The second kappa shape index (κ2) is 4.06. The number of oxime groups is 1. The molecule has 1 N–H and O–H groups in total. The molecule has 0 radical (unpaired) electrons. The number of nitrogens with zero attached hydrogens (tertiary/aromatic N) is 1. The van der Waals surface area contributed by atoms with Crippen LogP contribution in [0.3, 0.4) is 0 Å². The van der Waals surface area contributed by atoms with Crippen molar-refractivity contribution in [1.29, 1.82) is 0 Å². The standard InChI is InChI=1S/C8H4ClF4NO/c9-7-4(3-14-15)5(8(11,12)13)1-2-6(7)10/h1-3,15H/b14-3+.